The monoisotopic (exact) mass is 191 g/mol. The van der Waals surface area contributed by atoms with E-state index < -0.39 is 5.97 Å². The summed E-state index contributed by atoms with van der Waals surface area (Å²) in [5.74, 6) is -0.871. The molecule has 0 aromatic heterocycles. The molecule has 0 heterocycles. The molecule has 3 heteroatoms. The Morgan fingerprint density at radius 3 is 2.93 bits per heavy atom. The molecule has 1 atom stereocenters. The van der Waals surface area contributed by atoms with Crippen molar-refractivity contribution < 1.29 is 9.90 Å². The summed E-state index contributed by atoms with van der Waals surface area (Å²) in [6, 6.07) is 3.58. The van der Waals surface area contributed by atoms with Gasteiger partial charge < -0.3 is 10.8 Å². The summed E-state index contributed by atoms with van der Waals surface area (Å²) in [6.07, 6.45) is 1.90. The SMILES string of the molecule is Cc1c(C(=O)O)ccc2c1C(N)CC2. The van der Waals surface area contributed by atoms with E-state index in [0.717, 1.165) is 24.0 Å². The van der Waals surface area contributed by atoms with Gasteiger partial charge in [-0.1, -0.05) is 6.07 Å². The molecule has 1 aromatic carbocycles. The number of benzene rings is 1. The van der Waals surface area contributed by atoms with Crippen LogP contribution in [0.5, 0.6) is 0 Å². The van der Waals surface area contributed by atoms with Gasteiger partial charge in [0.2, 0.25) is 0 Å². The second-order valence-corrected chi connectivity index (χ2v) is 3.76. The molecule has 0 amide bonds. The summed E-state index contributed by atoms with van der Waals surface area (Å²) in [5.41, 5.74) is 9.39. The van der Waals surface area contributed by atoms with Crippen molar-refractivity contribution in [1.82, 2.24) is 0 Å². The van der Waals surface area contributed by atoms with E-state index in [9.17, 15) is 4.79 Å². The predicted molar refractivity (Wildman–Crippen MR) is 53.4 cm³/mol. The third-order valence-corrected chi connectivity index (χ3v) is 2.93. The average Bonchev–Trinajstić information content (AvgIpc) is 2.48. The van der Waals surface area contributed by atoms with Crippen molar-refractivity contribution >= 4 is 5.97 Å². The lowest BCUT2D eigenvalue weighted by Crippen LogP contribution is -2.10. The molecule has 74 valence electrons. The highest BCUT2D eigenvalue weighted by atomic mass is 16.4. The minimum atomic E-state index is -0.871. The van der Waals surface area contributed by atoms with Crippen LogP contribution in [0.4, 0.5) is 0 Å². The highest BCUT2D eigenvalue weighted by molar-refractivity contribution is 5.90. The molecule has 0 radical (unpaired) electrons. The number of fused-ring (bicyclic) bond motifs is 1. The third kappa shape index (κ3) is 1.21. The first kappa shape index (κ1) is 9.21. The Kier molecular flexibility index (Phi) is 2.04. The zero-order chi connectivity index (χ0) is 10.3. The van der Waals surface area contributed by atoms with Gasteiger partial charge in [-0.25, -0.2) is 4.79 Å². The first-order valence-corrected chi connectivity index (χ1v) is 4.72. The molecule has 2 rings (SSSR count). The highest BCUT2D eigenvalue weighted by Crippen LogP contribution is 2.33. The van der Waals surface area contributed by atoms with E-state index in [4.69, 9.17) is 10.8 Å². The molecule has 14 heavy (non-hydrogen) atoms. The second-order valence-electron chi connectivity index (χ2n) is 3.76. The van der Waals surface area contributed by atoms with Crippen LogP contribution in [0.25, 0.3) is 0 Å². The van der Waals surface area contributed by atoms with E-state index in [1.807, 2.05) is 13.0 Å². The first-order valence-electron chi connectivity index (χ1n) is 4.72. The van der Waals surface area contributed by atoms with Crippen LogP contribution in [0, 0.1) is 6.92 Å². The molecule has 0 fully saturated rings. The van der Waals surface area contributed by atoms with Crippen LogP contribution >= 0.6 is 0 Å². The van der Waals surface area contributed by atoms with E-state index in [0.29, 0.717) is 5.56 Å². The lowest BCUT2D eigenvalue weighted by molar-refractivity contribution is 0.0696. The summed E-state index contributed by atoms with van der Waals surface area (Å²) < 4.78 is 0. The van der Waals surface area contributed by atoms with E-state index >= 15 is 0 Å². The van der Waals surface area contributed by atoms with Crippen LogP contribution in [0.15, 0.2) is 12.1 Å². The average molecular weight is 191 g/mol. The molecule has 0 bridgehead atoms. The van der Waals surface area contributed by atoms with Crippen LogP contribution in [-0.4, -0.2) is 11.1 Å². The smallest absolute Gasteiger partial charge is 0.335 e. The van der Waals surface area contributed by atoms with Gasteiger partial charge in [0.05, 0.1) is 5.56 Å². The molecule has 0 saturated carbocycles. The summed E-state index contributed by atoms with van der Waals surface area (Å²) >= 11 is 0. The fourth-order valence-corrected chi connectivity index (χ4v) is 2.21. The number of nitrogens with two attached hydrogens (primary N) is 1. The van der Waals surface area contributed by atoms with Crippen LogP contribution in [0.1, 0.15) is 39.5 Å². The molecular formula is C11H13NO2. The van der Waals surface area contributed by atoms with Crippen molar-refractivity contribution in [2.75, 3.05) is 0 Å². The van der Waals surface area contributed by atoms with Gasteiger partial charge in [-0.2, -0.15) is 0 Å². The van der Waals surface area contributed by atoms with Crippen LogP contribution < -0.4 is 5.73 Å². The number of rotatable bonds is 1. The standard InChI is InChI=1S/C11H13NO2/c1-6-8(11(13)14)4-2-7-3-5-9(12)10(6)7/h2,4,9H,3,5,12H2,1H3,(H,13,14). The molecule has 1 unspecified atom stereocenters. The highest BCUT2D eigenvalue weighted by Gasteiger charge is 2.23. The van der Waals surface area contributed by atoms with Crippen LogP contribution in [0.2, 0.25) is 0 Å². The molecule has 1 aromatic rings. The fourth-order valence-electron chi connectivity index (χ4n) is 2.21. The normalized spacial score (nSPS) is 19.4. The Bertz CT molecular complexity index is 399. The Labute approximate surface area is 82.5 Å². The largest absolute Gasteiger partial charge is 0.478 e. The summed E-state index contributed by atoms with van der Waals surface area (Å²) in [7, 11) is 0. The second kappa shape index (κ2) is 3.10. The maximum Gasteiger partial charge on any atom is 0.335 e. The van der Waals surface area contributed by atoms with E-state index in [1.165, 1.54) is 5.56 Å². The molecule has 0 spiro atoms. The summed E-state index contributed by atoms with van der Waals surface area (Å²) in [6.45, 7) is 1.84. The molecule has 3 N–H and O–H groups in total. The van der Waals surface area contributed by atoms with Gasteiger partial charge >= 0.3 is 5.97 Å². The minimum absolute atomic E-state index is 0.0179. The molecule has 1 aliphatic carbocycles. The van der Waals surface area contributed by atoms with E-state index in [1.54, 1.807) is 6.07 Å². The summed E-state index contributed by atoms with van der Waals surface area (Å²) in [4.78, 5) is 10.9. The first-order chi connectivity index (χ1) is 6.61. The quantitative estimate of drug-likeness (QED) is 0.709. The van der Waals surface area contributed by atoms with Crippen molar-refractivity contribution in [2.45, 2.75) is 25.8 Å². The van der Waals surface area contributed by atoms with Gasteiger partial charge in [0.1, 0.15) is 0 Å². The van der Waals surface area contributed by atoms with Gasteiger partial charge in [0, 0.05) is 6.04 Å². The van der Waals surface area contributed by atoms with Gasteiger partial charge in [0.25, 0.3) is 0 Å². The van der Waals surface area contributed by atoms with Gasteiger partial charge in [-0.05, 0) is 42.5 Å². The number of carbonyl (C=O) groups is 1. The molecule has 1 aliphatic rings. The van der Waals surface area contributed by atoms with Crippen molar-refractivity contribution in [3.8, 4) is 0 Å². The summed E-state index contributed by atoms with van der Waals surface area (Å²) in [5, 5.41) is 8.94. The van der Waals surface area contributed by atoms with Crippen molar-refractivity contribution in [1.29, 1.82) is 0 Å². The number of aromatic carboxylic acids is 1. The number of aryl methyl sites for hydroxylation is 1. The predicted octanol–water partition coefficient (Wildman–Crippen LogP) is 1.64. The van der Waals surface area contributed by atoms with E-state index in [2.05, 4.69) is 0 Å². The number of hydrogen-bond donors (Lipinski definition) is 2. The Balaban J connectivity index is 2.61. The fraction of sp³-hybridized carbons (Fsp3) is 0.364. The Morgan fingerprint density at radius 1 is 1.57 bits per heavy atom. The zero-order valence-corrected chi connectivity index (χ0v) is 8.08. The van der Waals surface area contributed by atoms with Crippen LogP contribution in [-0.2, 0) is 6.42 Å². The van der Waals surface area contributed by atoms with Gasteiger partial charge in [-0.3, -0.25) is 0 Å². The lowest BCUT2D eigenvalue weighted by Gasteiger charge is -2.11. The molecule has 0 saturated heterocycles. The lowest BCUT2D eigenvalue weighted by atomic mass is 9.97. The molecule has 0 aliphatic heterocycles. The molecular weight excluding hydrogens is 178 g/mol. The number of hydrogen-bond acceptors (Lipinski definition) is 2. The number of carboxylic acids is 1. The van der Waals surface area contributed by atoms with Gasteiger partial charge in [-0.15, -0.1) is 0 Å². The van der Waals surface area contributed by atoms with Crippen LogP contribution in [0.3, 0.4) is 0 Å². The van der Waals surface area contributed by atoms with Crippen molar-refractivity contribution in [2.24, 2.45) is 5.73 Å². The molecule has 3 nitrogen and oxygen atoms in total. The third-order valence-electron chi connectivity index (χ3n) is 2.93. The topological polar surface area (TPSA) is 63.3 Å². The maximum absolute atomic E-state index is 10.9. The Morgan fingerprint density at radius 2 is 2.29 bits per heavy atom. The number of carboxylic acid groups (broad SMARTS) is 1. The van der Waals surface area contributed by atoms with Crippen molar-refractivity contribution in [3.63, 3.8) is 0 Å². The minimum Gasteiger partial charge on any atom is -0.478 e. The van der Waals surface area contributed by atoms with E-state index in [-0.39, 0.29) is 6.04 Å². The van der Waals surface area contributed by atoms with Gasteiger partial charge in [0.15, 0.2) is 0 Å². The zero-order valence-electron chi connectivity index (χ0n) is 8.08. The Hall–Kier alpha value is -1.35. The van der Waals surface area contributed by atoms with Crippen molar-refractivity contribution in [3.05, 3.63) is 34.4 Å². The maximum atomic E-state index is 10.9.